The summed E-state index contributed by atoms with van der Waals surface area (Å²) in [5, 5.41) is 2.59. The Morgan fingerprint density at radius 1 is 1.41 bits per heavy atom. The summed E-state index contributed by atoms with van der Waals surface area (Å²) in [4.78, 5) is 24.5. The number of ether oxygens (including phenoxy) is 3. The number of hydrogen-bond donors (Lipinski definition) is 1. The second-order valence-corrected chi connectivity index (χ2v) is 5.58. The van der Waals surface area contributed by atoms with Gasteiger partial charge >= 0.3 is 18.6 Å². The highest BCUT2D eigenvalue weighted by Gasteiger charge is 2.44. The minimum absolute atomic E-state index is 0.127. The Kier molecular flexibility index (Phi) is 5.06. The molecule has 1 aromatic carbocycles. The number of methoxy groups -OCH3 is 1. The van der Waals surface area contributed by atoms with Crippen molar-refractivity contribution in [1.29, 1.82) is 0 Å². The molecular formula is C17H13F4NO5. The summed E-state index contributed by atoms with van der Waals surface area (Å²) >= 11 is 0. The Labute approximate surface area is 150 Å². The van der Waals surface area contributed by atoms with Crippen LogP contribution < -0.4 is 10.1 Å². The quantitative estimate of drug-likeness (QED) is 0.618. The number of rotatable bonds is 5. The maximum Gasteiger partial charge on any atom is 0.387 e. The fourth-order valence-corrected chi connectivity index (χ4v) is 3.11. The maximum absolute atomic E-state index is 14.2. The molecule has 0 radical (unpaired) electrons. The van der Waals surface area contributed by atoms with E-state index in [2.05, 4.69) is 14.8 Å². The van der Waals surface area contributed by atoms with Crippen LogP contribution in [0.25, 0.3) is 0 Å². The van der Waals surface area contributed by atoms with Gasteiger partial charge in [0.2, 0.25) is 0 Å². The molecule has 3 rings (SSSR count). The van der Waals surface area contributed by atoms with E-state index in [0.29, 0.717) is 0 Å². The summed E-state index contributed by atoms with van der Waals surface area (Å²) in [6.07, 6.45) is 0. The van der Waals surface area contributed by atoms with Crippen LogP contribution in [0.2, 0.25) is 0 Å². The van der Waals surface area contributed by atoms with E-state index in [-0.39, 0.29) is 34.7 Å². The summed E-state index contributed by atoms with van der Waals surface area (Å²) in [5.74, 6) is -5.26. The van der Waals surface area contributed by atoms with Gasteiger partial charge in [0.1, 0.15) is 13.3 Å². The van der Waals surface area contributed by atoms with Gasteiger partial charge in [-0.3, -0.25) is 0 Å². The number of carbonyl (C=O) groups excluding carboxylic acids is 2. The molecule has 2 aliphatic rings. The van der Waals surface area contributed by atoms with Crippen LogP contribution >= 0.6 is 0 Å². The molecule has 0 amide bonds. The van der Waals surface area contributed by atoms with Gasteiger partial charge in [0.25, 0.3) is 0 Å². The van der Waals surface area contributed by atoms with Gasteiger partial charge in [0, 0.05) is 5.56 Å². The second kappa shape index (κ2) is 7.29. The lowest BCUT2D eigenvalue weighted by molar-refractivity contribution is -0.136. The lowest BCUT2D eigenvalue weighted by Gasteiger charge is -2.28. The Hall–Kier alpha value is -3.04. The number of benzene rings is 1. The first-order valence-electron chi connectivity index (χ1n) is 7.66. The highest BCUT2D eigenvalue weighted by molar-refractivity contribution is 6.01. The lowest BCUT2D eigenvalue weighted by Crippen LogP contribution is -2.32. The summed E-state index contributed by atoms with van der Waals surface area (Å²) in [6, 6.07) is 3.27. The number of nitrogens with one attached hydrogen (secondary N) is 1. The standard InChI is InChI=1S/C17H13F4NO5/c1-25-15(23)12-9(5-18)22-10-6-26-16(24)13(10)11(12)7-3-2-4-8(19)14(7)27-17(20)21/h2-4,11,17,22H,5-6H2,1H3/t11-/m0/s1. The van der Waals surface area contributed by atoms with Gasteiger partial charge in [-0.25, -0.2) is 18.4 Å². The zero-order chi connectivity index (χ0) is 19.7. The van der Waals surface area contributed by atoms with Crippen molar-refractivity contribution in [2.45, 2.75) is 12.5 Å². The largest absolute Gasteiger partial charge is 0.466 e. The van der Waals surface area contributed by atoms with Gasteiger partial charge in [0.15, 0.2) is 11.6 Å². The van der Waals surface area contributed by atoms with Gasteiger partial charge in [-0.1, -0.05) is 12.1 Å². The van der Waals surface area contributed by atoms with Crippen molar-refractivity contribution in [3.8, 4) is 5.75 Å². The van der Waals surface area contributed by atoms with Crippen LogP contribution in [0, 0.1) is 5.82 Å². The zero-order valence-corrected chi connectivity index (χ0v) is 13.9. The predicted octanol–water partition coefficient (Wildman–Crippen LogP) is 2.32. The molecule has 6 nitrogen and oxygen atoms in total. The molecule has 0 fully saturated rings. The number of alkyl halides is 3. The van der Waals surface area contributed by atoms with Crippen LogP contribution in [-0.4, -0.2) is 38.9 Å². The van der Waals surface area contributed by atoms with Crippen LogP contribution in [0.4, 0.5) is 17.6 Å². The molecule has 27 heavy (non-hydrogen) atoms. The van der Waals surface area contributed by atoms with E-state index >= 15 is 0 Å². The fourth-order valence-electron chi connectivity index (χ4n) is 3.11. The van der Waals surface area contributed by atoms with Crippen molar-refractivity contribution in [3.05, 3.63) is 52.1 Å². The number of dihydropyridines is 1. The number of allylic oxidation sites excluding steroid dienone is 1. The van der Waals surface area contributed by atoms with Crippen molar-refractivity contribution in [2.75, 3.05) is 20.4 Å². The third kappa shape index (κ3) is 3.22. The van der Waals surface area contributed by atoms with Crippen molar-refractivity contribution in [3.63, 3.8) is 0 Å². The molecule has 2 heterocycles. The number of carbonyl (C=O) groups is 2. The smallest absolute Gasteiger partial charge is 0.387 e. The minimum Gasteiger partial charge on any atom is -0.466 e. The molecule has 0 bridgehead atoms. The molecule has 144 valence electrons. The SMILES string of the molecule is COC(=O)C1=C(CF)NC2=C(C(=O)OC2)[C@H]1c1cccc(F)c1OC(F)F. The zero-order valence-electron chi connectivity index (χ0n) is 13.9. The molecule has 0 aliphatic carbocycles. The third-order valence-corrected chi connectivity index (χ3v) is 4.15. The molecule has 1 N–H and O–H groups in total. The second-order valence-electron chi connectivity index (χ2n) is 5.58. The van der Waals surface area contributed by atoms with Crippen LogP contribution in [-0.2, 0) is 19.1 Å². The molecule has 0 unspecified atom stereocenters. The van der Waals surface area contributed by atoms with Gasteiger partial charge in [0.05, 0.1) is 35.6 Å². The molecule has 2 aliphatic heterocycles. The Morgan fingerprint density at radius 3 is 2.78 bits per heavy atom. The maximum atomic E-state index is 14.2. The van der Waals surface area contributed by atoms with Gasteiger partial charge in [-0.2, -0.15) is 8.78 Å². The summed E-state index contributed by atoms with van der Waals surface area (Å²) < 4.78 is 67.1. The van der Waals surface area contributed by atoms with Crippen molar-refractivity contribution < 1.29 is 41.4 Å². The molecule has 0 spiro atoms. The molecule has 0 saturated heterocycles. The number of halogens is 4. The van der Waals surface area contributed by atoms with Crippen LogP contribution in [0.5, 0.6) is 5.75 Å². The molecule has 10 heteroatoms. The van der Waals surface area contributed by atoms with Gasteiger partial charge in [-0.15, -0.1) is 0 Å². The van der Waals surface area contributed by atoms with Crippen LogP contribution in [0.1, 0.15) is 11.5 Å². The topological polar surface area (TPSA) is 73.9 Å². The monoisotopic (exact) mass is 387 g/mol. The summed E-state index contributed by atoms with van der Waals surface area (Å²) in [5.41, 5.74) is -0.831. The van der Waals surface area contributed by atoms with E-state index in [9.17, 15) is 27.2 Å². The minimum atomic E-state index is -3.36. The van der Waals surface area contributed by atoms with Crippen LogP contribution in [0.15, 0.2) is 40.7 Å². The van der Waals surface area contributed by atoms with E-state index in [1.165, 1.54) is 12.1 Å². The molecule has 1 atom stereocenters. The first-order valence-corrected chi connectivity index (χ1v) is 7.66. The molecule has 0 saturated carbocycles. The average molecular weight is 387 g/mol. The average Bonchev–Trinajstić information content (AvgIpc) is 3.01. The van der Waals surface area contributed by atoms with E-state index < -0.39 is 42.7 Å². The Morgan fingerprint density at radius 2 is 2.15 bits per heavy atom. The first-order chi connectivity index (χ1) is 12.9. The van der Waals surface area contributed by atoms with E-state index in [4.69, 9.17) is 4.74 Å². The predicted molar refractivity (Wildman–Crippen MR) is 81.9 cm³/mol. The molecule has 1 aromatic rings. The van der Waals surface area contributed by atoms with Crippen molar-refractivity contribution in [1.82, 2.24) is 5.32 Å². The van der Waals surface area contributed by atoms with Crippen LogP contribution in [0.3, 0.4) is 0 Å². The Balaban J connectivity index is 2.27. The summed E-state index contributed by atoms with van der Waals surface area (Å²) in [6.45, 7) is -4.74. The highest BCUT2D eigenvalue weighted by Crippen LogP contribution is 2.45. The number of cyclic esters (lactones) is 1. The summed E-state index contributed by atoms with van der Waals surface area (Å²) in [7, 11) is 1.03. The first kappa shape index (κ1) is 18.7. The normalized spacial score (nSPS) is 19.0. The van der Waals surface area contributed by atoms with Gasteiger partial charge < -0.3 is 19.5 Å². The van der Waals surface area contributed by atoms with Gasteiger partial charge in [-0.05, 0) is 6.07 Å². The molecular weight excluding hydrogens is 374 g/mol. The van der Waals surface area contributed by atoms with Crippen molar-refractivity contribution in [2.24, 2.45) is 0 Å². The number of esters is 2. The fraction of sp³-hybridized carbons (Fsp3) is 0.294. The number of hydrogen-bond acceptors (Lipinski definition) is 6. The molecule has 0 aromatic heterocycles. The van der Waals surface area contributed by atoms with E-state index in [1.54, 1.807) is 0 Å². The highest BCUT2D eigenvalue weighted by atomic mass is 19.3. The Bertz CT molecular complexity index is 865. The third-order valence-electron chi connectivity index (χ3n) is 4.15. The van der Waals surface area contributed by atoms with Crippen molar-refractivity contribution >= 4 is 11.9 Å². The van der Waals surface area contributed by atoms with E-state index in [0.717, 1.165) is 13.2 Å². The number of para-hydroxylation sites is 1. The van der Waals surface area contributed by atoms with E-state index in [1.807, 2.05) is 0 Å². The lowest BCUT2D eigenvalue weighted by atomic mass is 9.80.